The molecule has 1 N–H and O–H groups in total. The fourth-order valence-corrected chi connectivity index (χ4v) is 3.66. The molecule has 2 heterocycles. The molecule has 1 aromatic carbocycles. The average Bonchev–Trinajstić information content (AvgIpc) is 2.99. The highest BCUT2D eigenvalue weighted by Crippen LogP contribution is 2.08. The minimum atomic E-state index is -3.32. The van der Waals surface area contributed by atoms with Gasteiger partial charge in [0.05, 0.1) is 5.75 Å². The zero-order valence-electron chi connectivity index (χ0n) is 13.4. The van der Waals surface area contributed by atoms with Crippen molar-refractivity contribution in [2.24, 2.45) is 0 Å². The Hall–Kier alpha value is -2.32. The Morgan fingerprint density at radius 3 is 2.92 bits per heavy atom. The number of nitrogens with zero attached hydrogens (tertiary/aromatic N) is 4. The zero-order chi connectivity index (χ0) is 17.0. The highest BCUT2D eigenvalue weighted by molar-refractivity contribution is 7.88. The van der Waals surface area contributed by atoms with Crippen LogP contribution in [0.25, 0.3) is 5.78 Å². The summed E-state index contributed by atoms with van der Waals surface area (Å²) in [5, 5.41) is 4.03. The van der Waals surface area contributed by atoms with Gasteiger partial charge in [-0.05, 0) is 30.9 Å². The van der Waals surface area contributed by atoms with Crippen LogP contribution >= 0.6 is 0 Å². The van der Waals surface area contributed by atoms with Crippen LogP contribution in [0.4, 0.5) is 0 Å². The molecule has 8 heteroatoms. The van der Waals surface area contributed by atoms with E-state index in [0.717, 1.165) is 23.1 Å². The van der Waals surface area contributed by atoms with Crippen molar-refractivity contribution in [1.82, 2.24) is 24.3 Å². The minimum absolute atomic E-state index is 0.00114. The number of sulfonamides is 1. The first kappa shape index (κ1) is 16.5. The molecule has 0 amide bonds. The summed E-state index contributed by atoms with van der Waals surface area (Å²) in [5.74, 6) is 0.554. The van der Waals surface area contributed by atoms with Gasteiger partial charge >= 0.3 is 0 Å². The third-order valence-corrected chi connectivity index (χ3v) is 4.95. The van der Waals surface area contributed by atoms with Crippen molar-refractivity contribution in [3.63, 3.8) is 0 Å². The minimum Gasteiger partial charge on any atom is -0.219 e. The predicted molar refractivity (Wildman–Crippen MR) is 90.9 cm³/mol. The Morgan fingerprint density at radius 1 is 1.21 bits per heavy atom. The van der Waals surface area contributed by atoms with Crippen molar-refractivity contribution in [1.29, 1.82) is 0 Å². The third kappa shape index (κ3) is 4.36. The molecular weight excluding hydrogens is 326 g/mol. The third-order valence-electron chi connectivity index (χ3n) is 3.59. The molecule has 0 aliphatic heterocycles. The molecule has 0 fully saturated rings. The molecule has 0 aliphatic carbocycles. The Kier molecular flexibility index (Phi) is 4.86. The molecule has 0 radical (unpaired) electrons. The molecule has 0 bridgehead atoms. The summed E-state index contributed by atoms with van der Waals surface area (Å²) >= 11 is 0. The smallest absolute Gasteiger partial charge is 0.219 e. The van der Waals surface area contributed by atoms with Crippen molar-refractivity contribution in [2.45, 2.75) is 25.5 Å². The molecule has 0 unspecified atom stereocenters. The van der Waals surface area contributed by atoms with Crippen LogP contribution in [0.1, 0.15) is 23.1 Å². The number of hydrogen-bond donors (Lipinski definition) is 1. The van der Waals surface area contributed by atoms with Gasteiger partial charge in [-0.15, -0.1) is 0 Å². The summed E-state index contributed by atoms with van der Waals surface area (Å²) in [6, 6.07) is 7.53. The maximum Gasteiger partial charge on any atom is 0.252 e. The van der Waals surface area contributed by atoms with Crippen LogP contribution in [0.3, 0.4) is 0 Å². The highest BCUT2D eigenvalue weighted by atomic mass is 32.2. The number of fused-ring (bicyclic) bond motifs is 1. The SMILES string of the molecule is Cc1cccc(CS(=O)(=O)NCCCc2cnc3ncnn3c2)c1. The van der Waals surface area contributed by atoms with E-state index in [0.29, 0.717) is 18.7 Å². The lowest BCUT2D eigenvalue weighted by Gasteiger charge is -2.07. The van der Waals surface area contributed by atoms with E-state index in [1.165, 1.54) is 6.33 Å². The molecule has 0 spiro atoms. The van der Waals surface area contributed by atoms with Crippen molar-refractivity contribution in [2.75, 3.05) is 6.54 Å². The van der Waals surface area contributed by atoms with Gasteiger partial charge in [0.1, 0.15) is 6.33 Å². The summed E-state index contributed by atoms with van der Waals surface area (Å²) < 4.78 is 28.5. The van der Waals surface area contributed by atoms with E-state index in [9.17, 15) is 8.42 Å². The maximum absolute atomic E-state index is 12.1. The van der Waals surface area contributed by atoms with Gasteiger partial charge in [0.15, 0.2) is 0 Å². The van der Waals surface area contributed by atoms with Crippen LogP contribution in [0.15, 0.2) is 43.0 Å². The number of benzene rings is 1. The number of hydrogen-bond acceptors (Lipinski definition) is 5. The molecule has 0 saturated heterocycles. The summed E-state index contributed by atoms with van der Waals surface area (Å²) in [7, 11) is -3.32. The lowest BCUT2D eigenvalue weighted by molar-refractivity contribution is 0.578. The zero-order valence-corrected chi connectivity index (χ0v) is 14.2. The largest absolute Gasteiger partial charge is 0.252 e. The molecule has 2 aromatic heterocycles. The van der Waals surface area contributed by atoms with Crippen LogP contribution in [0.5, 0.6) is 0 Å². The summed E-state index contributed by atoms with van der Waals surface area (Å²) in [4.78, 5) is 8.17. The lowest BCUT2D eigenvalue weighted by Crippen LogP contribution is -2.26. The van der Waals surface area contributed by atoms with Crippen molar-refractivity contribution in [3.05, 3.63) is 59.7 Å². The highest BCUT2D eigenvalue weighted by Gasteiger charge is 2.11. The van der Waals surface area contributed by atoms with Crippen LogP contribution < -0.4 is 4.72 Å². The normalized spacial score (nSPS) is 11.9. The first-order chi connectivity index (χ1) is 11.5. The van der Waals surface area contributed by atoms with E-state index in [4.69, 9.17) is 0 Å². The van der Waals surface area contributed by atoms with E-state index < -0.39 is 10.0 Å². The quantitative estimate of drug-likeness (QED) is 0.655. The van der Waals surface area contributed by atoms with E-state index in [1.54, 1.807) is 10.7 Å². The summed E-state index contributed by atoms with van der Waals surface area (Å²) in [6.07, 6.45) is 6.46. The first-order valence-corrected chi connectivity index (χ1v) is 9.34. The second-order valence-electron chi connectivity index (χ2n) is 5.71. The fourth-order valence-electron chi connectivity index (χ4n) is 2.48. The average molecular weight is 345 g/mol. The van der Waals surface area contributed by atoms with Gasteiger partial charge in [-0.1, -0.05) is 29.8 Å². The van der Waals surface area contributed by atoms with E-state index in [2.05, 4.69) is 19.8 Å². The standard InChI is InChI=1S/C16H19N5O2S/c1-13-4-2-5-14(8-13)11-24(22,23)20-7-3-6-15-9-17-16-18-12-19-21(16)10-15/h2,4-5,8-10,12,20H,3,6-7,11H2,1H3. The number of rotatable bonds is 7. The van der Waals surface area contributed by atoms with Gasteiger partial charge in [0.25, 0.3) is 5.78 Å². The first-order valence-electron chi connectivity index (χ1n) is 7.69. The Balaban J connectivity index is 1.49. The molecule has 0 aliphatic rings. The van der Waals surface area contributed by atoms with Gasteiger partial charge in [-0.2, -0.15) is 10.1 Å². The molecule has 24 heavy (non-hydrogen) atoms. The molecule has 3 rings (SSSR count). The van der Waals surface area contributed by atoms with Crippen LogP contribution in [-0.2, 0) is 22.2 Å². The van der Waals surface area contributed by atoms with Gasteiger partial charge in [0, 0.05) is 18.9 Å². The molecule has 0 atom stereocenters. The number of aryl methyl sites for hydroxylation is 2. The van der Waals surface area contributed by atoms with Gasteiger partial charge in [-0.25, -0.2) is 22.6 Å². The second kappa shape index (κ2) is 7.06. The van der Waals surface area contributed by atoms with E-state index in [-0.39, 0.29) is 5.75 Å². The summed E-state index contributed by atoms with van der Waals surface area (Å²) in [6.45, 7) is 2.34. The summed E-state index contributed by atoms with van der Waals surface area (Å²) in [5.41, 5.74) is 2.84. The van der Waals surface area contributed by atoms with Crippen molar-refractivity contribution in [3.8, 4) is 0 Å². The van der Waals surface area contributed by atoms with Gasteiger partial charge < -0.3 is 0 Å². The van der Waals surface area contributed by atoms with Crippen molar-refractivity contribution >= 4 is 15.8 Å². The fraction of sp³-hybridized carbons (Fsp3) is 0.312. The van der Waals surface area contributed by atoms with Gasteiger partial charge in [0.2, 0.25) is 10.0 Å². The molecule has 3 aromatic rings. The Bertz CT molecular complexity index is 936. The molecular formula is C16H19N5O2S. The van der Waals surface area contributed by atoms with Crippen molar-refractivity contribution < 1.29 is 8.42 Å². The molecule has 0 saturated carbocycles. The number of aromatic nitrogens is 4. The Morgan fingerprint density at radius 2 is 2.08 bits per heavy atom. The molecule has 126 valence electrons. The van der Waals surface area contributed by atoms with Gasteiger partial charge in [-0.3, -0.25) is 0 Å². The van der Waals surface area contributed by atoms with E-state index >= 15 is 0 Å². The predicted octanol–water partition coefficient (Wildman–Crippen LogP) is 1.48. The number of nitrogens with one attached hydrogen (secondary N) is 1. The molecule has 7 nitrogen and oxygen atoms in total. The van der Waals surface area contributed by atoms with Crippen LogP contribution in [0.2, 0.25) is 0 Å². The monoisotopic (exact) mass is 345 g/mol. The second-order valence-corrected chi connectivity index (χ2v) is 7.52. The Labute approximate surface area is 140 Å². The van der Waals surface area contributed by atoms with E-state index in [1.807, 2.05) is 37.4 Å². The topological polar surface area (TPSA) is 89.2 Å². The maximum atomic E-state index is 12.1. The van der Waals surface area contributed by atoms with Crippen LogP contribution in [-0.4, -0.2) is 34.5 Å². The van der Waals surface area contributed by atoms with Crippen LogP contribution in [0, 0.1) is 6.92 Å². The lowest BCUT2D eigenvalue weighted by atomic mass is 10.2.